The molecule has 2 amide bonds. The van der Waals surface area contributed by atoms with E-state index in [1.165, 1.54) is 46.8 Å². The maximum atomic E-state index is 16.1. The van der Waals surface area contributed by atoms with Crippen molar-refractivity contribution in [3.05, 3.63) is 23.8 Å². The Morgan fingerprint density at radius 1 is 0.556 bits per heavy atom. The summed E-state index contributed by atoms with van der Waals surface area (Å²) in [6, 6.07) is 0. The van der Waals surface area contributed by atoms with E-state index < -0.39 is 367 Å². The van der Waals surface area contributed by atoms with Crippen LogP contribution in [-0.2, 0) is 114 Å². The predicted molar refractivity (Wildman–Crippen MR) is 469 cm³/mol. The summed E-state index contributed by atoms with van der Waals surface area (Å²) in [5.41, 5.74) is 0.848. The van der Waals surface area contributed by atoms with Crippen molar-refractivity contribution in [3.8, 4) is 0 Å². The maximum Gasteiger partial charge on any atom is 0.335 e. The first-order valence-electron chi connectivity index (χ1n) is 48.8. The first kappa shape index (κ1) is 114. The van der Waals surface area contributed by atoms with E-state index in [1.54, 1.807) is 6.21 Å². The Balaban J connectivity index is 0.790. The molecule has 24 N–H and O–H groups in total. The number of carboxylic acids is 1. The van der Waals surface area contributed by atoms with Crippen LogP contribution in [0.2, 0.25) is 0 Å². The Morgan fingerprint density at radius 3 is 1.73 bits per heavy atom. The summed E-state index contributed by atoms with van der Waals surface area (Å²) in [5.74, 6) is -8.13. The quantitative estimate of drug-likeness (QED) is 0.00397. The molecule has 7 saturated heterocycles. The number of hydrogen-bond donors (Lipinski definition) is 24. The van der Waals surface area contributed by atoms with Gasteiger partial charge in [-0.3, -0.25) is 24.1 Å². The maximum absolute atomic E-state index is 16.1. The van der Waals surface area contributed by atoms with Gasteiger partial charge in [-0.25, -0.2) is 4.79 Å². The molecule has 13 aliphatic rings. The Hall–Kier alpha value is -5.06. The molecule has 812 valence electrons. The number of carbonyl (C=O) groups is 5. The highest BCUT2D eigenvalue weighted by Gasteiger charge is 2.69. The lowest BCUT2D eigenvalue weighted by Crippen LogP contribution is -2.68. The van der Waals surface area contributed by atoms with Crippen LogP contribution in [0.25, 0.3) is 0 Å². The van der Waals surface area contributed by atoms with Crippen LogP contribution in [0.15, 0.2) is 28.9 Å². The molecule has 8 aliphatic heterocycles. The SMILES string of the molecule is CC(=O)OC1C(C)OC(OC(O)C(OC2OC(C)C(OC3OCC(O)C(OC4OC(CO)C(O)C(O)C4O)C3O)C(O)C2O)C(OC(=O)[C@@H]2CC(C)(C)CC3C4=CCC5[C@@](C)(CCC6[C@]5(C)CC[C@H](OC5OC(C(=O)O)C(O)C(OC7OCC(O)C(O)C7O)C5OC5OC(CO)C(O)C(O)C5O)[C@@]6(C)/C=N/NCCCCCCN5C(=O)C=CC5=O)C4C[C@@H](O)C32)OC(C)C)C(O)C1OC(OCC(C)O)C(O)O. The number of ether oxygens (including phenoxy) is 19. The average molecular weight is 2050 g/mol. The summed E-state index contributed by atoms with van der Waals surface area (Å²) in [5, 5.41) is 262. The van der Waals surface area contributed by atoms with Gasteiger partial charge in [-0.2, -0.15) is 5.10 Å². The third-order valence-corrected chi connectivity index (χ3v) is 30.8. The van der Waals surface area contributed by atoms with Crippen molar-refractivity contribution in [2.75, 3.05) is 46.1 Å². The number of aliphatic hydroxyl groups excluding tert-OH is 21. The van der Waals surface area contributed by atoms with Crippen molar-refractivity contribution in [1.29, 1.82) is 0 Å². The number of unbranched alkanes of at least 4 members (excludes halogenated alkanes) is 3. The predicted octanol–water partition coefficient (Wildman–Crippen LogP) is -7.58. The van der Waals surface area contributed by atoms with E-state index in [4.69, 9.17) is 95.1 Å². The third-order valence-electron chi connectivity index (χ3n) is 30.8. The van der Waals surface area contributed by atoms with Crippen LogP contribution in [0.5, 0.6) is 0 Å². The molecule has 11 fully saturated rings. The zero-order chi connectivity index (χ0) is 104. The number of amides is 2. The van der Waals surface area contributed by atoms with Gasteiger partial charge in [-0.1, -0.05) is 59.1 Å². The fourth-order valence-corrected chi connectivity index (χ4v) is 23.6. The number of esters is 2. The minimum absolute atomic E-state index is 0.0665. The van der Waals surface area contributed by atoms with E-state index in [0.29, 0.717) is 64.3 Å². The van der Waals surface area contributed by atoms with Gasteiger partial charge in [0.25, 0.3) is 11.8 Å². The lowest BCUT2D eigenvalue weighted by atomic mass is 9.37. The Labute approximate surface area is 818 Å². The van der Waals surface area contributed by atoms with E-state index in [0.717, 1.165) is 17.4 Å². The second-order valence-electron chi connectivity index (χ2n) is 41.8. The van der Waals surface area contributed by atoms with Crippen molar-refractivity contribution in [2.24, 2.45) is 62.3 Å². The summed E-state index contributed by atoms with van der Waals surface area (Å²) < 4.78 is 115. The smallest absolute Gasteiger partial charge is 0.335 e. The molecule has 4 saturated carbocycles. The molecule has 49 atom stereocenters. The topological polar surface area (TPSA) is 754 Å². The van der Waals surface area contributed by atoms with Gasteiger partial charge in [0, 0.05) is 49.7 Å². The third kappa shape index (κ3) is 24.4. The van der Waals surface area contributed by atoms with Crippen molar-refractivity contribution in [1.82, 2.24) is 10.3 Å². The van der Waals surface area contributed by atoms with E-state index in [-0.39, 0.29) is 37.6 Å². The van der Waals surface area contributed by atoms with Gasteiger partial charge in [0.05, 0.1) is 75.6 Å². The minimum Gasteiger partial charge on any atom is -0.479 e. The first-order valence-corrected chi connectivity index (χ1v) is 48.8. The molecular formula is C92H147N3O47. The summed E-state index contributed by atoms with van der Waals surface area (Å²) in [6.45, 7) is 15.1. The summed E-state index contributed by atoms with van der Waals surface area (Å²) in [6.07, 6.45) is -68.2. The lowest BCUT2D eigenvalue weighted by Gasteiger charge is -2.68. The fourth-order valence-electron chi connectivity index (χ4n) is 23.6. The molecule has 43 unspecified atom stereocenters. The molecule has 13 rings (SSSR count). The molecular weight excluding hydrogens is 1900 g/mol. The van der Waals surface area contributed by atoms with Crippen LogP contribution in [0.1, 0.15) is 153 Å². The molecule has 0 aromatic heterocycles. The number of carbonyl (C=O) groups excluding carboxylic acids is 4. The number of aliphatic hydroxyl groups is 22. The average Bonchev–Trinajstić information content (AvgIpc) is 0.732. The van der Waals surface area contributed by atoms with Crippen molar-refractivity contribution in [3.63, 3.8) is 0 Å². The molecule has 8 heterocycles. The second kappa shape index (κ2) is 47.6. The minimum atomic E-state index is -2.62. The standard InChI is InChI=1S/C92H147N3O47/c1-35(2)127-87(75(79(123)142-85-67(117)72(69(38(5)129-85)130-39(6)99)137-88(77(120)121)124-31-36(3)98)140-82-64(114)60(110)68(37(4)128-82)134-81-66(116)70(46(102)33-126-81)135-83-62(112)58(108)56(106)47(29-96)131-83)141-78(122)42-28-89(7,8)27-41-40-16-17-49-90(9,43(40)26-44(100)54(41)42)22-20-50-91(49,10)23-21-51(92(50,11)34-94-93-24-14-12-13-15-25-95-52(103)18-19-53(95)104)133-86-74(139-84-63(113)59(109)57(107)48(30-97)132-84)71(65(115)73(138-86)76(118)119)136-80-61(111)55(105)45(101)32-125-80/h16,18-19,34-38,41-51,54-75,77,79-88,93,96-98,100-102,105-117,120-121,123H,12-15,17,20-33H2,1-11H3,(H,118,119)/b94-34+/t36?,37?,38?,41?,42-,43?,44-,45?,46?,47?,48?,49?,50?,51+,54?,55?,56?,57?,58?,59?,60?,61?,62?,63?,64?,65?,66?,67?,68?,69?,70?,71?,72?,73?,74?,75?,79?,80?,81?,82?,83?,84?,85?,86?,87?,88?,90+,91-,92+/m1/s1. The van der Waals surface area contributed by atoms with Gasteiger partial charge in [-0.15, -0.1) is 0 Å². The monoisotopic (exact) mass is 2050 g/mol. The normalized spacial score (nSPS) is 45.6. The zero-order valence-electron chi connectivity index (χ0n) is 80.9. The number of aliphatic carboxylic acids is 1. The number of imide groups is 1. The highest BCUT2D eigenvalue weighted by Crippen LogP contribution is 2.72. The number of fused-ring (bicyclic) bond motifs is 7. The molecule has 50 nitrogen and oxygen atoms in total. The number of nitrogens with zero attached hydrogens (tertiary/aromatic N) is 2. The van der Waals surface area contributed by atoms with Crippen molar-refractivity contribution in [2.45, 2.75) is 412 Å². The van der Waals surface area contributed by atoms with Gasteiger partial charge < -0.3 is 213 Å². The molecule has 0 radical (unpaired) electrons. The molecule has 50 heteroatoms. The number of hydrazone groups is 1. The Morgan fingerprint density at radius 2 is 1.12 bits per heavy atom. The van der Waals surface area contributed by atoms with Crippen molar-refractivity contribution < 1.29 is 231 Å². The van der Waals surface area contributed by atoms with Crippen LogP contribution >= 0.6 is 0 Å². The molecule has 0 bridgehead atoms. The van der Waals surface area contributed by atoms with Gasteiger partial charge in [-0.05, 0) is 139 Å². The van der Waals surface area contributed by atoms with Gasteiger partial charge >= 0.3 is 17.9 Å². The van der Waals surface area contributed by atoms with Crippen molar-refractivity contribution >= 4 is 35.9 Å². The fraction of sp³-hybridized carbons (Fsp3) is 0.891. The van der Waals surface area contributed by atoms with Gasteiger partial charge in [0.1, 0.15) is 134 Å². The van der Waals surface area contributed by atoms with E-state index in [9.17, 15) is 137 Å². The molecule has 0 spiro atoms. The molecule has 0 aromatic rings. The number of hydrogen-bond acceptors (Lipinski definition) is 48. The van der Waals surface area contributed by atoms with E-state index in [1.807, 2.05) is 20.8 Å². The molecule has 0 aromatic carbocycles. The van der Waals surface area contributed by atoms with E-state index in [2.05, 4.69) is 25.3 Å². The van der Waals surface area contributed by atoms with Gasteiger partial charge in [0.15, 0.2) is 68.6 Å². The van der Waals surface area contributed by atoms with Crippen LogP contribution < -0.4 is 5.43 Å². The largest absolute Gasteiger partial charge is 0.479 e. The Bertz CT molecular complexity index is 4220. The number of nitrogens with one attached hydrogen (secondary N) is 1. The second-order valence-corrected chi connectivity index (χ2v) is 41.8. The van der Waals surface area contributed by atoms with Crippen LogP contribution in [0.3, 0.4) is 0 Å². The van der Waals surface area contributed by atoms with Crippen LogP contribution in [0, 0.1) is 57.2 Å². The number of carboxylic acid groups (broad SMARTS) is 1. The molecule has 5 aliphatic carbocycles. The van der Waals surface area contributed by atoms with Gasteiger partial charge in [0.2, 0.25) is 18.9 Å². The molecule has 142 heavy (non-hydrogen) atoms. The first-order chi connectivity index (χ1) is 66.9. The zero-order valence-corrected chi connectivity index (χ0v) is 80.9. The lowest BCUT2D eigenvalue weighted by molar-refractivity contribution is -0.395. The summed E-state index contributed by atoms with van der Waals surface area (Å²) in [7, 11) is 0. The Kier molecular flexibility index (Phi) is 38.3. The highest BCUT2D eigenvalue weighted by molar-refractivity contribution is 6.12. The van der Waals surface area contributed by atoms with Crippen LogP contribution in [-0.4, -0.2) is 463 Å². The van der Waals surface area contributed by atoms with E-state index >= 15 is 4.79 Å². The van der Waals surface area contributed by atoms with Crippen LogP contribution in [0.4, 0.5) is 0 Å². The number of rotatable bonds is 39. The number of allylic oxidation sites excluding steroid dienone is 2. The highest BCUT2D eigenvalue weighted by atomic mass is 16.8. The summed E-state index contributed by atoms with van der Waals surface area (Å²) in [4.78, 5) is 67.9. The summed E-state index contributed by atoms with van der Waals surface area (Å²) >= 11 is 0.